The van der Waals surface area contributed by atoms with Crippen molar-refractivity contribution in [1.29, 1.82) is 0 Å². The molecule has 1 aliphatic carbocycles. The van der Waals surface area contributed by atoms with Gasteiger partial charge in [-0.1, -0.05) is 29.8 Å². The first-order chi connectivity index (χ1) is 17.1. The molecule has 186 valence electrons. The van der Waals surface area contributed by atoms with Gasteiger partial charge in [0, 0.05) is 41.5 Å². The molecule has 1 aliphatic heterocycles. The molecule has 9 heteroatoms. The van der Waals surface area contributed by atoms with Crippen LogP contribution in [0.25, 0.3) is 0 Å². The molecule has 36 heavy (non-hydrogen) atoms. The highest BCUT2D eigenvalue weighted by Crippen LogP contribution is 2.58. The lowest BCUT2D eigenvalue weighted by atomic mass is 9.57. The lowest BCUT2D eigenvalue weighted by Crippen LogP contribution is -2.59. The first-order valence-electron chi connectivity index (χ1n) is 11.7. The largest absolute Gasteiger partial charge is 0.328 e. The van der Waals surface area contributed by atoms with Crippen molar-refractivity contribution in [3.8, 4) is 0 Å². The number of carbonyl (C=O) groups excluding carboxylic acids is 2. The van der Waals surface area contributed by atoms with Gasteiger partial charge in [-0.3, -0.25) is 9.59 Å². The Morgan fingerprint density at radius 2 is 1.89 bits per heavy atom. The van der Waals surface area contributed by atoms with Gasteiger partial charge in [0.05, 0.1) is 11.0 Å². The van der Waals surface area contributed by atoms with Gasteiger partial charge in [-0.2, -0.15) is 0 Å². The third kappa shape index (κ3) is 4.04. The third-order valence-electron chi connectivity index (χ3n) is 7.22. The molecule has 2 heterocycles. The number of nitrogens with two attached hydrogens (primary N) is 1. The maximum Gasteiger partial charge on any atom is 0.259 e. The number of alkyl halides is 2. The summed E-state index contributed by atoms with van der Waals surface area (Å²) in [6.07, 6.45) is 1.11. The number of carbonyl (C=O) groups is 2. The van der Waals surface area contributed by atoms with Gasteiger partial charge in [0.2, 0.25) is 0 Å². The van der Waals surface area contributed by atoms with Crippen molar-refractivity contribution in [2.24, 2.45) is 5.73 Å². The van der Waals surface area contributed by atoms with Gasteiger partial charge in [-0.05, 0) is 67.3 Å². The molecule has 2 aliphatic rings. The number of anilines is 2. The Bertz CT molecular complexity index is 1340. The number of amides is 2. The van der Waals surface area contributed by atoms with Crippen LogP contribution in [0.3, 0.4) is 0 Å². The van der Waals surface area contributed by atoms with Gasteiger partial charge in [-0.25, -0.2) is 13.8 Å². The molecule has 6 nitrogen and oxygen atoms in total. The molecule has 0 unspecified atom stereocenters. The van der Waals surface area contributed by atoms with E-state index in [0.29, 0.717) is 21.8 Å². The first-order valence-corrected chi connectivity index (χ1v) is 12.1. The fraction of sp³-hybridized carbons (Fsp3) is 0.296. The van der Waals surface area contributed by atoms with E-state index in [1.165, 1.54) is 29.3 Å². The van der Waals surface area contributed by atoms with Crippen LogP contribution in [0.5, 0.6) is 0 Å². The number of nitrogens with zero attached hydrogens (tertiary/aromatic N) is 2. The molecule has 5 rings (SSSR count). The molecule has 0 saturated heterocycles. The minimum absolute atomic E-state index is 0.131. The van der Waals surface area contributed by atoms with E-state index in [9.17, 15) is 9.59 Å². The third-order valence-corrected chi connectivity index (χ3v) is 7.46. The summed E-state index contributed by atoms with van der Waals surface area (Å²) in [4.78, 5) is 31.6. The number of halogens is 3. The summed E-state index contributed by atoms with van der Waals surface area (Å²) >= 11 is 6.20. The summed E-state index contributed by atoms with van der Waals surface area (Å²) in [7, 11) is 0. The van der Waals surface area contributed by atoms with Crippen molar-refractivity contribution < 1.29 is 18.4 Å². The minimum atomic E-state index is -3.04. The SMILES string of the molecule is Cc1ccccc1C(=O)Nc1ccc(C(=O)N2CCC(F)(F)C3(CC(N)C3)c3cc(Cl)ccc32)cn1. The molecule has 3 aromatic rings. The van der Waals surface area contributed by atoms with Gasteiger partial charge in [0.1, 0.15) is 5.82 Å². The number of benzene rings is 2. The molecule has 1 spiro atoms. The molecule has 0 radical (unpaired) electrons. The second-order valence-corrected chi connectivity index (χ2v) is 9.96. The lowest BCUT2D eigenvalue weighted by molar-refractivity contribution is -0.120. The second-order valence-electron chi connectivity index (χ2n) is 9.52. The monoisotopic (exact) mass is 510 g/mol. The fourth-order valence-corrected chi connectivity index (χ4v) is 5.43. The van der Waals surface area contributed by atoms with Crippen LogP contribution in [-0.2, 0) is 5.41 Å². The Hall–Kier alpha value is -3.36. The van der Waals surface area contributed by atoms with Crippen molar-refractivity contribution >= 4 is 34.9 Å². The number of hydrogen-bond acceptors (Lipinski definition) is 4. The van der Waals surface area contributed by atoms with Crippen molar-refractivity contribution in [3.63, 3.8) is 0 Å². The van der Waals surface area contributed by atoms with Crippen LogP contribution in [0.2, 0.25) is 5.02 Å². The number of aromatic nitrogens is 1. The highest BCUT2D eigenvalue weighted by atomic mass is 35.5. The zero-order valence-corrected chi connectivity index (χ0v) is 20.4. The molecule has 3 N–H and O–H groups in total. The smallest absolute Gasteiger partial charge is 0.259 e. The van der Waals surface area contributed by atoms with Gasteiger partial charge in [-0.15, -0.1) is 0 Å². The number of aryl methyl sites for hydroxylation is 1. The van der Waals surface area contributed by atoms with Crippen molar-refractivity contribution in [2.45, 2.75) is 43.6 Å². The zero-order chi connectivity index (χ0) is 25.7. The lowest BCUT2D eigenvalue weighted by Gasteiger charge is -2.50. The van der Waals surface area contributed by atoms with E-state index >= 15 is 8.78 Å². The predicted octanol–water partition coefficient (Wildman–Crippen LogP) is 5.34. The van der Waals surface area contributed by atoms with E-state index in [4.69, 9.17) is 17.3 Å². The number of pyridine rings is 1. The quantitative estimate of drug-likeness (QED) is 0.498. The van der Waals surface area contributed by atoms with Crippen molar-refractivity contribution in [3.05, 3.63) is 88.1 Å². The molecular weight excluding hydrogens is 486 g/mol. The summed E-state index contributed by atoms with van der Waals surface area (Å²) < 4.78 is 30.9. The second kappa shape index (κ2) is 8.94. The van der Waals surface area contributed by atoms with Crippen LogP contribution in [0.1, 0.15) is 51.1 Å². The summed E-state index contributed by atoms with van der Waals surface area (Å²) in [5.41, 5.74) is 6.82. The Morgan fingerprint density at radius 3 is 2.56 bits per heavy atom. The van der Waals surface area contributed by atoms with Crippen LogP contribution in [0.4, 0.5) is 20.3 Å². The Kier molecular flexibility index (Phi) is 6.04. The van der Waals surface area contributed by atoms with Gasteiger partial charge < -0.3 is 16.0 Å². The van der Waals surface area contributed by atoms with E-state index < -0.39 is 23.7 Å². The summed E-state index contributed by atoms with van der Waals surface area (Å²) in [5, 5.41) is 3.04. The molecule has 1 saturated carbocycles. The van der Waals surface area contributed by atoms with Gasteiger partial charge >= 0.3 is 0 Å². The van der Waals surface area contributed by atoms with Crippen LogP contribution in [0, 0.1) is 6.92 Å². The van der Waals surface area contributed by atoms with E-state index in [0.717, 1.165) is 5.56 Å². The van der Waals surface area contributed by atoms with Crippen LogP contribution in [-0.4, -0.2) is 35.3 Å². The molecule has 2 aromatic carbocycles. The van der Waals surface area contributed by atoms with E-state index in [1.807, 2.05) is 19.1 Å². The Morgan fingerprint density at radius 1 is 1.14 bits per heavy atom. The van der Waals surface area contributed by atoms with Crippen LogP contribution >= 0.6 is 11.6 Å². The maximum atomic E-state index is 15.4. The van der Waals surface area contributed by atoms with Crippen LogP contribution < -0.4 is 16.0 Å². The number of rotatable bonds is 3. The summed E-state index contributed by atoms with van der Waals surface area (Å²) in [6, 6.07) is 14.6. The standard InChI is InChI=1S/C27H25ClF2N4O2/c1-16-4-2-3-5-20(16)24(35)33-23-9-6-17(15-32-23)25(36)34-11-10-27(29,30)26(13-19(31)14-26)21-12-18(28)7-8-22(21)34/h2-9,12,15,19H,10-11,13-14,31H2,1H3,(H,32,33,35). The maximum absolute atomic E-state index is 15.4. The summed E-state index contributed by atoms with van der Waals surface area (Å²) in [6.45, 7) is 1.67. The molecule has 1 aromatic heterocycles. The highest BCUT2D eigenvalue weighted by Gasteiger charge is 2.62. The normalized spacial score (nSPS) is 22.4. The minimum Gasteiger partial charge on any atom is -0.328 e. The molecule has 2 amide bonds. The van der Waals surface area contributed by atoms with Gasteiger partial charge in [0.25, 0.3) is 17.7 Å². The van der Waals surface area contributed by atoms with Crippen LogP contribution in [0.15, 0.2) is 60.8 Å². The van der Waals surface area contributed by atoms with Crippen molar-refractivity contribution in [2.75, 3.05) is 16.8 Å². The highest BCUT2D eigenvalue weighted by molar-refractivity contribution is 6.30. The van der Waals surface area contributed by atoms with Gasteiger partial charge in [0.15, 0.2) is 0 Å². The summed E-state index contributed by atoms with van der Waals surface area (Å²) in [5.74, 6) is -3.54. The molecular formula is C27H25ClF2N4O2. The topological polar surface area (TPSA) is 88.3 Å². The van der Waals surface area contributed by atoms with E-state index in [-0.39, 0.29) is 42.7 Å². The number of hydrogen-bond donors (Lipinski definition) is 2. The number of fused-ring (bicyclic) bond motifs is 2. The Labute approximate surface area is 212 Å². The van der Waals surface area contributed by atoms with Crippen molar-refractivity contribution in [1.82, 2.24) is 4.98 Å². The average molecular weight is 511 g/mol. The molecule has 0 bridgehead atoms. The molecule has 1 fully saturated rings. The predicted molar refractivity (Wildman–Crippen MR) is 135 cm³/mol. The number of nitrogens with one attached hydrogen (secondary N) is 1. The fourth-order valence-electron chi connectivity index (χ4n) is 5.26. The first kappa shape index (κ1) is 24.3. The Balaban J connectivity index is 1.42. The van der Waals surface area contributed by atoms with E-state index in [1.54, 1.807) is 24.3 Å². The van der Waals surface area contributed by atoms with E-state index in [2.05, 4.69) is 10.3 Å². The zero-order valence-electron chi connectivity index (χ0n) is 19.6. The molecule has 0 atom stereocenters. The average Bonchev–Trinajstić information content (AvgIpc) is 2.92.